The van der Waals surface area contributed by atoms with E-state index >= 15 is 0 Å². The number of pyridine rings is 1. The highest BCUT2D eigenvalue weighted by molar-refractivity contribution is 5.02. The lowest BCUT2D eigenvalue weighted by Crippen LogP contribution is -2.04. The minimum absolute atomic E-state index is 0.0536. The van der Waals surface area contributed by atoms with Crippen LogP contribution in [0, 0.1) is 0 Å². The van der Waals surface area contributed by atoms with Crippen molar-refractivity contribution in [2.75, 3.05) is 0 Å². The van der Waals surface area contributed by atoms with Crippen LogP contribution in [0.4, 0.5) is 0 Å². The summed E-state index contributed by atoms with van der Waals surface area (Å²) in [5, 5.41) is 0. The summed E-state index contributed by atoms with van der Waals surface area (Å²) in [5.41, 5.74) is -0.172. The van der Waals surface area contributed by atoms with Gasteiger partial charge in [0.1, 0.15) is 0 Å². The largest absolute Gasteiger partial charge is 0.326 e. The molecule has 0 radical (unpaired) electrons. The summed E-state index contributed by atoms with van der Waals surface area (Å²) < 4.78 is 21.7. The van der Waals surface area contributed by atoms with Crippen molar-refractivity contribution in [2.45, 2.75) is 13.3 Å². The summed E-state index contributed by atoms with van der Waals surface area (Å²) >= 11 is 0. The van der Waals surface area contributed by atoms with Crippen LogP contribution in [-0.4, -0.2) is 4.98 Å². The van der Waals surface area contributed by atoms with Crippen LogP contribution >= 0.6 is 0 Å². The highest BCUT2D eigenvalue weighted by Crippen LogP contribution is 1.88. The zero-order chi connectivity index (χ0) is 9.30. The molecule has 0 amide bonds. The Labute approximate surface area is 57.8 Å². The molecule has 0 saturated carbocycles. The molecule has 0 aliphatic heterocycles. The van der Waals surface area contributed by atoms with E-state index in [4.69, 9.17) is 4.11 Å². The molecule has 0 fully saturated rings. The van der Waals surface area contributed by atoms with Gasteiger partial charge in [0.15, 0.2) is 0 Å². The van der Waals surface area contributed by atoms with Crippen LogP contribution in [0.5, 0.6) is 0 Å². The number of aryl methyl sites for hydroxylation is 1. The molecule has 2 nitrogen and oxygen atoms in total. The van der Waals surface area contributed by atoms with Gasteiger partial charge in [-0.1, -0.05) is 13.0 Å². The molecule has 0 atom stereocenters. The predicted octanol–water partition coefficient (Wildman–Crippen LogP) is 0.937. The quantitative estimate of drug-likeness (QED) is 0.596. The topological polar surface area (TPSA) is 32.9 Å². The van der Waals surface area contributed by atoms with Gasteiger partial charge in [0.2, 0.25) is 5.56 Å². The highest BCUT2D eigenvalue weighted by atomic mass is 16.1. The molecule has 0 aromatic carbocycles. The van der Waals surface area contributed by atoms with Crippen molar-refractivity contribution < 1.29 is 4.11 Å². The Morgan fingerprint density at radius 3 is 3.22 bits per heavy atom. The Balaban J connectivity index is 3.50. The van der Waals surface area contributed by atoms with Gasteiger partial charge in [-0.25, -0.2) is 0 Å². The van der Waals surface area contributed by atoms with Crippen LogP contribution in [-0.2, 0) is 6.42 Å². The average Bonchev–Trinajstić information content (AvgIpc) is 2.08. The van der Waals surface area contributed by atoms with E-state index in [0.717, 1.165) is 0 Å². The fourth-order valence-corrected chi connectivity index (χ4v) is 0.540. The number of nitrogens with one attached hydrogen (secondary N) is 1. The summed E-state index contributed by atoms with van der Waals surface area (Å²) in [6.07, 6.45) is 0.500. The van der Waals surface area contributed by atoms with Crippen LogP contribution in [0.15, 0.2) is 22.9 Å². The summed E-state index contributed by atoms with van der Waals surface area (Å²) in [6, 6.07) is -0.782. The third kappa shape index (κ3) is 1.42. The lowest BCUT2D eigenvalue weighted by molar-refractivity contribution is 1.01. The summed E-state index contributed by atoms with van der Waals surface area (Å²) in [7, 11) is 0. The van der Waals surface area contributed by atoms with E-state index in [1.54, 1.807) is 6.92 Å². The Morgan fingerprint density at radius 2 is 2.56 bits per heavy atom. The fourth-order valence-electron chi connectivity index (χ4n) is 0.540. The molecule has 0 aliphatic carbocycles. The first-order valence-corrected chi connectivity index (χ1v) is 2.76. The summed E-state index contributed by atoms with van der Waals surface area (Å²) in [4.78, 5) is 13.3. The van der Waals surface area contributed by atoms with Gasteiger partial charge in [-0.2, -0.15) is 0 Å². The minimum atomic E-state index is -0.590. The molecule has 0 spiro atoms. The van der Waals surface area contributed by atoms with Gasteiger partial charge in [0.25, 0.3) is 0 Å². The molecule has 1 aromatic rings. The van der Waals surface area contributed by atoms with E-state index in [9.17, 15) is 4.79 Å². The second-order valence-electron chi connectivity index (χ2n) is 1.66. The zero-order valence-electron chi connectivity index (χ0n) is 8.12. The zero-order valence-corrected chi connectivity index (χ0v) is 5.12. The van der Waals surface area contributed by atoms with Gasteiger partial charge < -0.3 is 4.98 Å². The van der Waals surface area contributed by atoms with Gasteiger partial charge in [-0.05, 0) is 12.5 Å². The minimum Gasteiger partial charge on any atom is -0.326 e. The van der Waals surface area contributed by atoms with Crippen LogP contribution in [0.3, 0.4) is 0 Å². The lowest BCUT2D eigenvalue weighted by atomic mass is 10.3. The molecule has 2 heteroatoms. The maximum atomic E-state index is 10.9. The smallest absolute Gasteiger partial charge is 0.248 e. The monoisotopic (exact) mass is 126 g/mol. The van der Waals surface area contributed by atoms with Crippen molar-refractivity contribution in [2.24, 2.45) is 0 Å². The Bertz CT molecular complexity index is 358. The van der Waals surface area contributed by atoms with E-state index in [-0.39, 0.29) is 12.1 Å². The van der Waals surface area contributed by atoms with Crippen molar-refractivity contribution in [1.82, 2.24) is 4.98 Å². The van der Waals surface area contributed by atoms with Crippen LogP contribution in [0.25, 0.3) is 0 Å². The van der Waals surface area contributed by atoms with Gasteiger partial charge in [-0.3, -0.25) is 4.79 Å². The third-order valence-electron chi connectivity index (χ3n) is 1.01. The van der Waals surface area contributed by atoms with E-state index in [0.29, 0.717) is 12.1 Å². The molecular formula is C7H9NO. The molecule has 0 bridgehead atoms. The maximum absolute atomic E-state index is 10.9. The van der Waals surface area contributed by atoms with Gasteiger partial charge in [0.05, 0.1) is 4.11 Å². The number of H-pyrrole nitrogens is 1. The first-order chi connectivity index (χ1) is 5.57. The number of aromatic nitrogens is 1. The number of hydrogen-bond donors (Lipinski definition) is 1. The third-order valence-corrected chi connectivity index (χ3v) is 1.01. The molecule has 0 saturated heterocycles. The van der Waals surface area contributed by atoms with Crippen molar-refractivity contribution in [1.29, 1.82) is 0 Å². The highest BCUT2D eigenvalue weighted by Gasteiger charge is 1.85. The van der Waals surface area contributed by atoms with Crippen LogP contribution in [0.1, 0.15) is 16.7 Å². The molecule has 1 N–H and O–H groups in total. The molecule has 9 heavy (non-hydrogen) atoms. The molecular weight excluding hydrogens is 114 g/mol. The Morgan fingerprint density at radius 1 is 1.78 bits per heavy atom. The molecule has 48 valence electrons. The van der Waals surface area contributed by atoms with E-state index in [1.807, 2.05) is 0 Å². The maximum Gasteiger partial charge on any atom is 0.248 e. The molecule has 1 heterocycles. The molecule has 0 unspecified atom stereocenters. The Hall–Kier alpha value is -1.05. The fraction of sp³-hybridized carbons (Fsp3) is 0.286. The van der Waals surface area contributed by atoms with Crippen LogP contribution in [0.2, 0.25) is 0 Å². The average molecular weight is 126 g/mol. The van der Waals surface area contributed by atoms with E-state index in [2.05, 4.69) is 4.98 Å². The molecule has 0 aliphatic rings. The Kier molecular flexibility index (Phi) is 0.884. The molecule has 1 rings (SSSR count). The van der Waals surface area contributed by atoms with E-state index in [1.165, 1.54) is 0 Å². The van der Waals surface area contributed by atoms with E-state index < -0.39 is 11.6 Å². The number of hydrogen-bond acceptors (Lipinski definition) is 1. The second-order valence-corrected chi connectivity index (χ2v) is 1.66. The van der Waals surface area contributed by atoms with Gasteiger partial charge >= 0.3 is 0 Å². The van der Waals surface area contributed by atoms with Crippen LogP contribution < -0.4 is 5.56 Å². The van der Waals surface area contributed by atoms with Crippen molar-refractivity contribution in [3.05, 3.63) is 34.2 Å². The first-order valence-electron chi connectivity index (χ1n) is 4.26. The standard InChI is InChI=1S/C7H9NO/c1-2-6-4-3-5-7(9)8-6/h3-5H,2H2,1H3,(H,8,9)/i3D,4D,5D. The number of rotatable bonds is 1. The van der Waals surface area contributed by atoms with Gasteiger partial charge in [-0.15, -0.1) is 0 Å². The molecule has 1 aromatic heterocycles. The lowest BCUT2D eigenvalue weighted by Gasteiger charge is -1.90. The summed E-state index contributed by atoms with van der Waals surface area (Å²) in [6.45, 7) is 1.78. The van der Waals surface area contributed by atoms with Crippen molar-refractivity contribution >= 4 is 0 Å². The SMILES string of the molecule is [2H]c1c(CC)[nH]c(=O)c([2H])c1[2H]. The normalized spacial score (nSPS) is 14.1. The van der Waals surface area contributed by atoms with Crippen molar-refractivity contribution in [3.8, 4) is 0 Å². The van der Waals surface area contributed by atoms with Gasteiger partial charge in [0, 0.05) is 11.7 Å². The van der Waals surface area contributed by atoms with Crippen molar-refractivity contribution in [3.63, 3.8) is 0 Å². The summed E-state index contributed by atoms with van der Waals surface area (Å²) in [5.74, 6) is 0. The second kappa shape index (κ2) is 2.49. The predicted molar refractivity (Wildman–Crippen MR) is 36.4 cm³/mol. The first kappa shape index (κ1) is 3.20. The number of aromatic amines is 1.